The van der Waals surface area contributed by atoms with Crippen LogP contribution in [0.1, 0.15) is 297 Å². The molecule has 0 bridgehead atoms. The first-order valence-corrected chi connectivity index (χ1v) is 31.2. The monoisotopic (exact) mass is 1030 g/mol. The lowest BCUT2D eigenvalue weighted by Crippen LogP contribution is -2.30. The van der Waals surface area contributed by atoms with E-state index < -0.39 is 6.10 Å². The molecular formula is C68H116O6. The highest BCUT2D eigenvalue weighted by Gasteiger charge is 2.19. The van der Waals surface area contributed by atoms with Gasteiger partial charge in [-0.15, -0.1) is 0 Å². The zero-order chi connectivity index (χ0) is 53.6. The van der Waals surface area contributed by atoms with Gasteiger partial charge in [0.1, 0.15) is 13.2 Å². The van der Waals surface area contributed by atoms with Crippen LogP contribution in [0.15, 0.2) is 97.2 Å². The minimum absolute atomic E-state index is 0.0816. The van der Waals surface area contributed by atoms with E-state index in [1.165, 1.54) is 135 Å². The van der Waals surface area contributed by atoms with Gasteiger partial charge in [0.2, 0.25) is 0 Å². The van der Waals surface area contributed by atoms with Gasteiger partial charge in [-0.05, 0) is 116 Å². The Bertz CT molecular complexity index is 1460. The summed E-state index contributed by atoms with van der Waals surface area (Å²) in [6, 6.07) is 0. The highest BCUT2D eigenvalue weighted by Crippen LogP contribution is 2.16. The van der Waals surface area contributed by atoms with Crippen LogP contribution in [0.4, 0.5) is 0 Å². The summed E-state index contributed by atoms with van der Waals surface area (Å²) in [7, 11) is 0. The van der Waals surface area contributed by atoms with Crippen LogP contribution < -0.4 is 0 Å². The van der Waals surface area contributed by atoms with Crippen molar-refractivity contribution >= 4 is 17.9 Å². The van der Waals surface area contributed by atoms with Crippen LogP contribution in [0.3, 0.4) is 0 Å². The number of allylic oxidation sites excluding steroid dienone is 16. The number of unbranched alkanes of at least 4 members (excludes halogenated alkanes) is 29. The highest BCUT2D eigenvalue weighted by molar-refractivity contribution is 5.71. The summed E-state index contributed by atoms with van der Waals surface area (Å²) in [5, 5.41) is 0. The number of carbonyl (C=O) groups is 3. The van der Waals surface area contributed by atoms with Crippen molar-refractivity contribution in [1.29, 1.82) is 0 Å². The molecule has 0 aromatic rings. The van der Waals surface area contributed by atoms with E-state index in [1.54, 1.807) is 0 Å². The van der Waals surface area contributed by atoms with E-state index in [0.29, 0.717) is 19.3 Å². The fourth-order valence-electron chi connectivity index (χ4n) is 8.62. The first-order chi connectivity index (χ1) is 36.5. The summed E-state index contributed by atoms with van der Waals surface area (Å²) in [4.78, 5) is 38.1. The van der Waals surface area contributed by atoms with Crippen LogP contribution >= 0.6 is 0 Å². The number of hydrogen-bond acceptors (Lipinski definition) is 6. The van der Waals surface area contributed by atoms with Gasteiger partial charge < -0.3 is 14.2 Å². The van der Waals surface area contributed by atoms with E-state index in [9.17, 15) is 14.4 Å². The van der Waals surface area contributed by atoms with Crippen molar-refractivity contribution in [1.82, 2.24) is 0 Å². The molecule has 0 saturated carbocycles. The van der Waals surface area contributed by atoms with Crippen LogP contribution in [0, 0.1) is 0 Å². The minimum atomic E-state index is -0.783. The minimum Gasteiger partial charge on any atom is -0.462 e. The van der Waals surface area contributed by atoms with E-state index >= 15 is 0 Å². The van der Waals surface area contributed by atoms with Crippen LogP contribution in [0.5, 0.6) is 0 Å². The highest BCUT2D eigenvalue weighted by atomic mass is 16.6. The topological polar surface area (TPSA) is 78.9 Å². The molecule has 0 N–H and O–H groups in total. The normalized spacial score (nSPS) is 12.7. The summed E-state index contributed by atoms with van der Waals surface area (Å²) < 4.78 is 16.8. The van der Waals surface area contributed by atoms with E-state index in [4.69, 9.17) is 14.2 Å². The van der Waals surface area contributed by atoms with Gasteiger partial charge in [0.25, 0.3) is 0 Å². The summed E-state index contributed by atoms with van der Waals surface area (Å²) >= 11 is 0. The van der Waals surface area contributed by atoms with Gasteiger partial charge in [-0.1, -0.05) is 259 Å². The maximum atomic E-state index is 12.8. The molecule has 0 heterocycles. The fourth-order valence-corrected chi connectivity index (χ4v) is 8.62. The molecule has 6 heteroatoms. The Kier molecular flexibility index (Phi) is 58.8. The second kappa shape index (κ2) is 61.9. The molecule has 0 fully saturated rings. The predicted octanol–water partition coefficient (Wildman–Crippen LogP) is 21.3. The molecule has 0 radical (unpaired) electrons. The van der Waals surface area contributed by atoms with Gasteiger partial charge in [0.05, 0.1) is 0 Å². The number of esters is 3. The SMILES string of the molecule is CC/C=C\C/C=C\C/C=C\C/C=C\C/C=C\C/C=C\CCCCCCCCCCCCCCCCC(=O)OCC(COC(=O)CCCCCCC/C=C\CCC)OC(=O)CCCCCCC/C=C\CCCCCC. The lowest BCUT2D eigenvalue weighted by atomic mass is 10.0. The van der Waals surface area contributed by atoms with Gasteiger partial charge in [0, 0.05) is 19.3 Å². The Labute approximate surface area is 457 Å². The van der Waals surface area contributed by atoms with Gasteiger partial charge in [-0.2, -0.15) is 0 Å². The zero-order valence-electron chi connectivity index (χ0n) is 48.6. The molecular weight excluding hydrogens is 913 g/mol. The molecule has 424 valence electrons. The summed E-state index contributed by atoms with van der Waals surface area (Å²) in [6.07, 6.45) is 82.9. The number of hydrogen-bond donors (Lipinski definition) is 0. The van der Waals surface area contributed by atoms with Crippen molar-refractivity contribution < 1.29 is 28.6 Å². The average Bonchev–Trinajstić information content (AvgIpc) is 3.40. The van der Waals surface area contributed by atoms with Crippen LogP contribution in [-0.4, -0.2) is 37.2 Å². The Morgan fingerprint density at radius 3 is 0.892 bits per heavy atom. The van der Waals surface area contributed by atoms with E-state index in [-0.39, 0.29) is 31.1 Å². The molecule has 0 aliphatic rings. The maximum Gasteiger partial charge on any atom is 0.306 e. The van der Waals surface area contributed by atoms with Gasteiger partial charge in [-0.3, -0.25) is 14.4 Å². The third-order valence-corrected chi connectivity index (χ3v) is 13.3. The Morgan fingerprint density at radius 2 is 0.554 bits per heavy atom. The van der Waals surface area contributed by atoms with Crippen LogP contribution in [-0.2, 0) is 28.6 Å². The average molecular weight is 1030 g/mol. The van der Waals surface area contributed by atoms with Gasteiger partial charge >= 0.3 is 17.9 Å². The molecule has 0 aromatic carbocycles. The largest absolute Gasteiger partial charge is 0.462 e. The van der Waals surface area contributed by atoms with Crippen LogP contribution in [0.25, 0.3) is 0 Å². The fraction of sp³-hybridized carbons (Fsp3) is 0.721. The van der Waals surface area contributed by atoms with Crippen molar-refractivity contribution in [2.45, 2.75) is 303 Å². The van der Waals surface area contributed by atoms with Crippen molar-refractivity contribution in [3.63, 3.8) is 0 Å². The molecule has 74 heavy (non-hydrogen) atoms. The Morgan fingerprint density at radius 1 is 0.284 bits per heavy atom. The lowest BCUT2D eigenvalue weighted by Gasteiger charge is -2.18. The Balaban J connectivity index is 4.10. The molecule has 1 atom stereocenters. The van der Waals surface area contributed by atoms with Crippen molar-refractivity contribution in [3.05, 3.63) is 97.2 Å². The second-order valence-corrected chi connectivity index (χ2v) is 20.6. The predicted molar refractivity (Wildman–Crippen MR) is 320 cm³/mol. The number of ether oxygens (including phenoxy) is 3. The molecule has 1 unspecified atom stereocenters. The number of carbonyl (C=O) groups excluding carboxylic acids is 3. The van der Waals surface area contributed by atoms with Crippen molar-refractivity contribution in [2.75, 3.05) is 13.2 Å². The van der Waals surface area contributed by atoms with E-state index in [1.807, 2.05) is 0 Å². The Hall–Kier alpha value is -3.67. The summed E-state index contributed by atoms with van der Waals surface area (Å²) in [5.41, 5.74) is 0. The zero-order valence-corrected chi connectivity index (χ0v) is 48.6. The number of rotatable bonds is 56. The molecule has 0 aliphatic heterocycles. The van der Waals surface area contributed by atoms with Gasteiger partial charge in [-0.25, -0.2) is 0 Å². The van der Waals surface area contributed by atoms with E-state index in [0.717, 1.165) is 122 Å². The molecule has 0 spiro atoms. The van der Waals surface area contributed by atoms with Gasteiger partial charge in [0.15, 0.2) is 6.10 Å². The first kappa shape index (κ1) is 70.3. The molecule has 6 nitrogen and oxygen atoms in total. The molecule has 0 aliphatic carbocycles. The third-order valence-electron chi connectivity index (χ3n) is 13.3. The van der Waals surface area contributed by atoms with Crippen molar-refractivity contribution in [3.8, 4) is 0 Å². The molecule has 0 rings (SSSR count). The second-order valence-electron chi connectivity index (χ2n) is 20.6. The molecule has 0 saturated heterocycles. The lowest BCUT2D eigenvalue weighted by molar-refractivity contribution is -0.167. The van der Waals surface area contributed by atoms with Crippen molar-refractivity contribution in [2.24, 2.45) is 0 Å². The summed E-state index contributed by atoms with van der Waals surface area (Å²) in [6.45, 7) is 6.45. The van der Waals surface area contributed by atoms with E-state index in [2.05, 4.69) is 118 Å². The van der Waals surface area contributed by atoms with Crippen LogP contribution in [0.2, 0.25) is 0 Å². The first-order valence-electron chi connectivity index (χ1n) is 31.2. The molecule has 0 amide bonds. The standard InChI is InChI=1S/C68H116O6/c1-4-7-10-13-16-19-22-24-25-26-27-28-29-30-31-32-33-34-35-36-37-38-39-40-41-42-43-45-46-49-52-55-58-61-67(70)73-64-65(63-72-66(69)60-57-54-51-48-21-18-15-12-9-6-3)74-68(71)62-59-56-53-50-47-44-23-20-17-14-11-8-5-2/h7,10,12,15-16,19-20,23-25,27-28,30-31,33-34,65H,4-6,8-9,11,13-14,17-18,21-22,26,29,32,35-64H2,1-3H3/b10-7-,15-12-,19-16-,23-20-,25-24-,28-27-,31-30-,34-33-. The smallest absolute Gasteiger partial charge is 0.306 e. The quantitative estimate of drug-likeness (QED) is 0.0261. The molecule has 0 aromatic heterocycles. The summed E-state index contributed by atoms with van der Waals surface area (Å²) in [5.74, 6) is -0.896. The third kappa shape index (κ3) is 59.2. The maximum absolute atomic E-state index is 12.8.